The van der Waals surface area contributed by atoms with Gasteiger partial charge in [0.25, 0.3) is 5.91 Å². The zero-order valence-electron chi connectivity index (χ0n) is 11.8. The number of hydrogen-bond donors (Lipinski definition) is 1. The molecule has 0 aliphatic heterocycles. The van der Waals surface area contributed by atoms with Gasteiger partial charge in [-0.3, -0.25) is 14.4 Å². The number of carbonyl (C=O) groups excluding carboxylic acids is 2. The van der Waals surface area contributed by atoms with E-state index in [4.69, 9.17) is 5.11 Å². The summed E-state index contributed by atoms with van der Waals surface area (Å²) >= 11 is 4.60. The quantitative estimate of drug-likeness (QED) is 0.788. The molecule has 0 atom stereocenters. The van der Waals surface area contributed by atoms with Crippen LogP contribution in [0.5, 0.6) is 0 Å². The molecule has 0 spiro atoms. The van der Waals surface area contributed by atoms with Crippen LogP contribution in [0.1, 0.15) is 22.5 Å². The molecule has 8 heteroatoms. The summed E-state index contributed by atoms with van der Waals surface area (Å²) in [4.78, 5) is 37.8. The van der Waals surface area contributed by atoms with Crippen molar-refractivity contribution in [1.29, 1.82) is 0 Å². The van der Waals surface area contributed by atoms with E-state index < -0.39 is 5.97 Å². The number of halogens is 1. The fourth-order valence-electron chi connectivity index (χ4n) is 1.60. The molecule has 0 radical (unpaired) electrons. The van der Waals surface area contributed by atoms with Crippen LogP contribution in [-0.4, -0.2) is 59.9 Å². The highest BCUT2D eigenvalue weighted by Gasteiger charge is 2.18. The first-order valence-electron chi connectivity index (χ1n) is 6.28. The van der Waals surface area contributed by atoms with Crippen molar-refractivity contribution in [3.8, 4) is 0 Å². The Kier molecular flexibility index (Phi) is 6.83. The predicted molar refractivity (Wildman–Crippen MR) is 83.5 cm³/mol. The molecule has 6 nitrogen and oxygen atoms in total. The molecule has 116 valence electrons. The number of rotatable bonds is 7. The Morgan fingerprint density at radius 1 is 1.24 bits per heavy atom. The van der Waals surface area contributed by atoms with Crippen LogP contribution in [0.15, 0.2) is 15.9 Å². The van der Waals surface area contributed by atoms with Crippen LogP contribution in [0.3, 0.4) is 0 Å². The number of aliphatic carboxylic acids is 1. The van der Waals surface area contributed by atoms with Crippen molar-refractivity contribution < 1.29 is 19.5 Å². The van der Waals surface area contributed by atoms with Gasteiger partial charge in [-0.25, -0.2) is 0 Å². The van der Waals surface area contributed by atoms with E-state index in [0.717, 1.165) is 3.79 Å². The standard InChI is InChI=1S/C13H17BrN2O4S/c1-15(7-3-4-12(18)19)11(17)8-16(2)13(20)9-5-6-10(14)21-9/h5-6H,3-4,7-8H2,1-2H3,(H,18,19). The molecule has 1 aromatic heterocycles. The van der Waals surface area contributed by atoms with Crippen molar-refractivity contribution in [2.45, 2.75) is 12.8 Å². The zero-order chi connectivity index (χ0) is 16.0. The summed E-state index contributed by atoms with van der Waals surface area (Å²) < 4.78 is 0.858. The fraction of sp³-hybridized carbons (Fsp3) is 0.462. The maximum absolute atomic E-state index is 12.1. The number of carbonyl (C=O) groups is 3. The molecule has 1 rings (SSSR count). The van der Waals surface area contributed by atoms with Crippen LogP contribution >= 0.6 is 27.3 Å². The molecule has 1 N–H and O–H groups in total. The van der Waals surface area contributed by atoms with Crippen molar-refractivity contribution in [1.82, 2.24) is 9.80 Å². The number of nitrogens with zero attached hydrogens (tertiary/aromatic N) is 2. The molecule has 0 aromatic carbocycles. The highest BCUT2D eigenvalue weighted by molar-refractivity contribution is 9.11. The van der Waals surface area contributed by atoms with Gasteiger partial charge in [0, 0.05) is 27.1 Å². The Morgan fingerprint density at radius 3 is 2.43 bits per heavy atom. The Bertz CT molecular complexity index is 532. The molecule has 0 fully saturated rings. The second-order valence-corrected chi connectivity index (χ2v) is 7.04. The number of hydrogen-bond acceptors (Lipinski definition) is 4. The van der Waals surface area contributed by atoms with Crippen molar-refractivity contribution in [2.24, 2.45) is 0 Å². The smallest absolute Gasteiger partial charge is 0.303 e. The molecule has 2 amide bonds. The van der Waals surface area contributed by atoms with E-state index in [9.17, 15) is 14.4 Å². The Balaban J connectivity index is 2.45. The topological polar surface area (TPSA) is 77.9 Å². The summed E-state index contributed by atoms with van der Waals surface area (Å²) in [7, 11) is 3.17. The number of carboxylic acids is 1. The normalized spacial score (nSPS) is 10.2. The summed E-state index contributed by atoms with van der Waals surface area (Å²) in [5.74, 6) is -1.31. The van der Waals surface area contributed by atoms with Crippen molar-refractivity contribution in [2.75, 3.05) is 27.2 Å². The first kappa shape index (κ1) is 17.6. The third-order valence-corrected chi connectivity index (χ3v) is 4.42. The summed E-state index contributed by atoms with van der Waals surface area (Å²) in [5, 5.41) is 8.55. The third-order valence-electron chi connectivity index (χ3n) is 2.81. The first-order chi connectivity index (χ1) is 9.81. The maximum Gasteiger partial charge on any atom is 0.303 e. The number of amides is 2. The molecule has 0 aliphatic rings. The van der Waals surface area contributed by atoms with E-state index in [2.05, 4.69) is 15.9 Å². The van der Waals surface area contributed by atoms with Gasteiger partial charge in [0.05, 0.1) is 15.2 Å². The minimum atomic E-state index is -0.883. The molecular formula is C13H17BrN2O4S. The minimum absolute atomic E-state index is 0.0234. The molecule has 0 saturated heterocycles. The fourth-order valence-corrected chi connectivity index (χ4v) is 2.99. The average Bonchev–Trinajstić information content (AvgIpc) is 2.83. The molecule has 1 heterocycles. The van der Waals surface area contributed by atoms with E-state index in [0.29, 0.717) is 17.8 Å². The zero-order valence-corrected chi connectivity index (χ0v) is 14.2. The largest absolute Gasteiger partial charge is 0.481 e. The van der Waals surface area contributed by atoms with Crippen LogP contribution in [-0.2, 0) is 9.59 Å². The summed E-state index contributed by atoms with van der Waals surface area (Å²) in [6.45, 7) is 0.329. The number of carboxylic acid groups (broad SMARTS) is 1. The van der Waals surface area contributed by atoms with Crippen LogP contribution in [0, 0.1) is 0 Å². The molecule has 0 unspecified atom stereocenters. The molecule has 21 heavy (non-hydrogen) atoms. The first-order valence-corrected chi connectivity index (χ1v) is 7.88. The Labute approximate surface area is 135 Å². The van der Waals surface area contributed by atoms with Crippen LogP contribution in [0.4, 0.5) is 0 Å². The van der Waals surface area contributed by atoms with Crippen LogP contribution in [0.2, 0.25) is 0 Å². The highest BCUT2D eigenvalue weighted by Crippen LogP contribution is 2.22. The Morgan fingerprint density at radius 2 is 1.90 bits per heavy atom. The van der Waals surface area contributed by atoms with Gasteiger partial charge in [-0.15, -0.1) is 11.3 Å². The molecule has 0 saturated carbocycles. The van der Waals surface area contributed by atoms with Crippen LogP contribution < -0.4 is 0 Å². The van der Waals surface area contributed by atoms with E-state index >= 15 is 0 Å². The van der Waals surface area contributed by atoms with Gasteiger partial charge in [0.15, 0.2) is 0 Å². The number of likely N-dealkylation sites (N-methyl/N-ethyl adjacent to an activating group) is 2. The van der Waals surface area contributed by atoms with E-state index in [1.165, 1.54) is 21.1 Å². The second kappa shape index (κ2) is 8.14. The van der Waals surface area contributed by atoms with Gasteiger partial charge in [0.2, 0.25) is 5.91 Å². The van der Waals surface area contributed by atoms with E-state index in [1.54, 1.807) is 26.2 Å². The molecule has 0 aliphatic carbocycles. The van der Waals surface area contributed by atoms with Gasteiger partial charge < -0.3 is 14.9 Å². The number of thiophene rings is 1. The summed E-state index contributed by atoms with van der Waals surface area (Å²) in [6, 6.07) is 3.49. The Hall–Kier alpha value is -1.41. The predicted octanol–water partition coefficient (Wildman–Crippen LogP) is 1.91. The summed E-state index contributed by atoms with van der Waals surface area (Å²) in [5.41, 5.74) is 0. The second-order valence-electron chi connectivity index (χ2n) is 4.58. The van der Waals surface area contributed by atoms with Crippen molar-refractivity contribution in [3.63, 3.8) is 0 Å². The van der Waals surface area contributed by atoms with Crippen molar-refractivity contribution in [3.05, 3.63) is 20.8 Å². The summed E-state index contributed by atoms with van der Waals surface area (Å²) in [6.07, 6.45) is 0.419. The lowest BCUT2D eigenvalue weighted by atomic mass is 10.3. The molecule has 0 bridgehead atoms. The maximum atomic E-state index is 12.1. The van der Waals surface area contributed by atoms with Crippen LogP contribution in [0.25, 0.3) is 0 Å². The van der Waals surface area contributed by atoms with Gasteiger partial charge in [-0.05, 0) is 34.5 Å². The molecule has 1 aromatic rings. The average molecular weight is 377 g/mol. The third kappa shape index (κ3) is 5.84. The monoisotopic (exact) mass is 376 g/mol. The highest BCUT2D eigenvalue weighted by atomic mass is 79.9. The minimum Gasteiger partial charge on any atom is -0.481 e. The van der Waals surface area contributed by atoms with E-state index in [1.807, 2.05) is 0 Å². The SMILES string of the molecule is CN(CCCC(=O)O)C(=O)CN(C)C(=O)c1ccc(Br)s1. The van der Waals surface area contributed by atoms with Crippen molar-refractivity contribution >= 4 is 45.1 Å². The van der Waals surface area contributed by atoms with Gasteiger partial charge in [-0.1, -0.05) is 0 Å². The van der Waals surface area contributed by atoms with Gasteiger partial charge in [-0.2, -0.15) is 0 Å². The lowest BCUT2D eigenvalue weighted by Crippen LogP contribution is -2.39. The molecular weight excluding hydrogens is 360 g/mol. The lowest BCUT2D eigenvalue weighted by Gasteiger charge is -2.21. The lowest BCUT2D eigenvalue weighted by molar-refractivity contribution is -0.138. The van der Waals surface area contributed by atoms with Gasteiger partial charge >= 0.3 is 5.97 Å². The van der Waals surface area contributed by atoms with Gasteiger partial charge in [0.1, 0.15) is 0 Å². The van der Waals surface area contributed by atoms with E-state index in [-0.39, 0.29) is 24.8 Å².